The average Bonchev–Trinajstić information content (AvgIpc) is 3.02. The van der Waals surface area contributed by atoms with Gasteiger partial charge in [0.1, 0.15) is 21.8 Å². The van der Waals surface area contributed by atoms with Crippen molar-refractivity contribution in [2.45, 2.75) is 52.9 Å². The molecule has 2 aliphatic rings. The molecule has 0 spiro atoms. The lowest BCUT2D eigenvalue weighted by Crippen LogP contribution is -2.48. The predicted molar refractivity (Wildman–Crippen MR) is 134 cm³/mol. The lowest BCUT2D eigenvalue weighted by molar-refractivity contribution is -0.122. The molecule has 0 N–H and O–H groups in total. The van der Waals surface area contributed by atoms with E-state index in [2.05, 4.69) is 11.0 Å². The predicted octanol–water partition coefficient (Wildman–Crippen LogP) is 2.90. The number of thiocarbonyl (C=S) groups is 1. The lowest BCUT2D eigenvalue weighted by Gasteiger charge is -2.39. The van der Waals surface area contributed by atoms with Crippen molar-refractivity contribution in [3.8, 4) is 6.07 Å². The number of carbonyl (C=O) groups excluding carboxylic acids is 1. The number of nitrogens with zero attached hydrogens (tertiary/aromatic N) is 4. The van der Waals surface area contributed by atoms with Crippen molar-refractivity contribution in [3.05, 3.63) is 31.9 Å². The van der Waals surface area contributed by atoms with Crippen LogP contribution in [0.3, 0.4) is 0 Å². The van der Waals surface area contributed by atoms with E-state index >= 15 is 0 Å². The number of pyridine rings is 1. The molecule has 10 heteroatoms. The highest BCUT2D eigenvalue weighted by Gasteiger charge is 2.34. The Kier molecular flexibility index (Phi) is 8.34. The van der Waals surface area contributed by atoms with Crippen molar-refractivity contribution in [2.24, 2.45) is 0 Å². The third-order valence-electron chi connectivity index (χ3n) is 5.68. The number of methoxy groups -OCH3 is 1. The summed E-state index contributed by atoms with van der Waals surface area (Å²) in [5.41, 5.74) is 1.07. The number of carbonyl (C=O) groups is 1. The van der Waals surface area contributed by atoms with Crippen molar-refractivity contribution in [1.29, 1.82) is 5.26 Å². The zero-order chi connectivity index (χ0) is 24.3. The van der Waals surface area contributed by atoms with Crippen LogP contribution in [0.2, 0.25) is 0 Å². The van der Waals surface area contributed by atoms with E-state index in [4.69, 9.17) is 21.7 Å². The van der Waals surface area contributed by atoms with Crippen LogP contribution in [0.1, 0.15) is 43.9 Å². The van der Waals surface area contributed by atoms with E-state index in [-0.39, 0.29) is 29.2 Å². The maximum Gasteiger partial charge on any atom is 0.270 e. The summed E-state index contributed by atoms with van der Waals surface area (Å²) in [7, 11) is 1.58. The van der Waals surface area contributed by atoms with Crippen LogP contribution in [0.15, 0.2) is 9.70 Å². The maximum atomic E-state index is 13.3. The minimum absolute atomic E-state index is 0.0185. The molecule has 0 aromatic carbocycles. The number of anilines is 1. The van der Waals surface area contributed by atoms with E-state index in [0.717, 1.165) is 12.2 Å². The van der Waals surface area contributed by atoms with Gasteiger partial charge in [0.2, 0.25) is 0 Å². The van der Waals surface area contributed by atoms with Gasteiger partial charge in [0.05, 0.1) is 30.3 Å². The van der Waals surface area contributed by atoms with Gasteiger partial charge < -0.3 is 14.4 Å². The van der Waals surface area contributed by atoms with E-state index in [1.54, 1.807) is 24.7 Å². The van der Waals surface area contributed by atoms with Crippen molar-refractivity contribution in [3.63, 3.8) is 0 Å². The SMILES string of the molecule is CCCn1c(N2CC(C)OC(C)C2)c(/C=C2/SC(=S)N(CCOC)C2=O)c(C)c(C#N)c1=O. The molecule has 1 aromatic rings. The smallest absolute Gasteiger partial charge is 0.270 e. The number of hydrogen-bond acceptors (Lipinski definition) is 8. The lowest BCUT2D eigenvalue weighted by atomic mass is 10.0. The van der Waals surface area contributed by atoms with Gasteiger partial charge in [0, 0.05) is 32.3 Å². The van der Waals surface area contributed by atoms with Crippen molar-refractivity contribution >= 4 is 46.1 Å². The van der Waals surface area contributed by atoms with Gasteiger partial charge in [0.25, 0.3) is 11.5 Å². The Balaban J connectivity index is 2.22. The minimum Gasteiger partial charge on any atom is -0.383 e. The Hall–Kier alpha value is -2.19. The molecule has 1 aromatic heterocycles. The van der Waals surface area contributed by atoms with Gasteiger partial charge in [-0.15, -0.1) is 0 Å². The maximum absolute atomic E-state index is 13.3. The second kappa shape index (κ2) is 10.8. The van der Waals surface area contributed by atoms with E-state index in [1.807, 2.05) is 20.8 Å². The number of rotatable bonds is 7. The summed E-state index contributed by atoms with van der Waals surface area (Å²) in [6.07, 6.45) is 2.48. The molecule has 3 rings (SSSR count). The highest BCUT2D eigenvalue weighted by molar-refractivity contribution is 8.26. The normalized spacial score (nSPS) is 22.4. The van der Waals surface area contributed by atoms with Crippen molar-refractivity contribution < 1.29 is 14.3 Å². The first-order chi connectivity index (χ1) is 15.7. The summed E-state index contributed by atoms with van der Waals surface area (Å²) in [6, 6.07) is 2.08. The summed E-state index contributed by atoms with van der Waals surface area (Å²) in [4.78, 5) is 30.5. The Labute approximate surface area is 204 Å². The Morgan fingerprint density at radius 2 is 1.94 bits per heavy atom. The average molecular weight is 491 g/mol. The number of morpholine rings is 1. The van der Waals surface area contributed by atoms with Crippen LogP contribution >= 0.6 is 24.0 Å². The Morgan fingerprint density at radius 1 is 1.27 bits per heavy atom. The van der Waals surface area contributed by atoms with Gasteiger partial charge in [-0.3, -0.25) is 19.1 Å². The Bertz CT molecular complexity index is 1070. The number of hydrogen-bond donors (Lipinski definition) is 0. The summed E-state index contributed by atoms with van der Waals surface area (Å²) in [5, 5.41) is 9.76. The highest BCUT2D eigenvalue weighted by atomic mass is 32.2. The number of amides is 1. The first kappa shape index (κ1) is 25.4. The fourth-order valence-corrected chi connectivity index (χ4v) is 5.56. The third kappa shape index (κ3) is 5.17. The Morgan fingerprint density at radius 3 is 2.52 bits per heavy atom. The van der Waals surface area contributed by atoms with Gasteiger partial charge in [-0.25, -0.2) is 0 Å². The quantitative estimate of drug-likeness (QED) is 0.426. The van der Waals surface area contributed by atoms with Crippen molar-refractivity contribution in [1.82, 2.24) is 9.47 Å². The summed E-state index contributed by atoms with van der Waals surface area (Å²) in [5.74, 6) is 0.533. The molecular formula is C23H30N4O4S2. The minimum atomic E-state index is -0.302. The van der Waals surface area contributed by atoms with Gasteiger partial charge in [-0.2, -0.15) is 5.26 Å². The molecule has 0 aliphatic carbocycles. The molecule has 0 radical (unpaired) electrons. The second-order valence-electron chi connectivity index (χ2n) is 8.29. The summed E-state index contributed by atoms with van der Waals surface area (Å²) in [6.45, 7) is 10.2. The van der Waals surface area contributed by atoms with Crippen LogP contribution in [0.25, 0.3) is 6.08 Å². The molecule has 1 amide bonds. The van der Waals surface area contributed by atoms with Gasteiger partial charge in [0.15, 0.2) is 0 Å². The fraction of sp³-hybridized carbons (Fsp3) is 0.565. The number of thioether (sulfide) groups is 1. The molecule has 33 heavy (non-hydrogen) atoms. The second-order valence-corrected chi connectivity index (χ2v) is 9.97. The highest BCUT2D eigenvalue weighted by Crippen LogP contribution is 2.36. The molecule has 2 unspecified atom stereocenters. The number of aromatic nitrogens is 1. The zero-order valence-corrected chi connectivity index (χ0v) is 21.3. The van der Waals surface area contributed by atoms with Crippen LogP contribution in [0.5, 0.6) is 0 Å². The monoisotopic (exact) mass is 490 g/mol. The summed E-state index contributed by atoms with van der Waals surface area (Å²) < 4.78 is 13.2. The van der Waals surface area contributed by atoms with Crippen molar-refractivity contribution in [2.75, 3.05) is 38.3 Å². The van der Waals surface area contributed by atoms with Gasteiger partial charge in [-0.1, -0.05) is 30.9 Å². The first-order valence-corrected chi connectivity index (χ1v) is 12.3. The third-order valence-corrected chi connectivity index (χ3v) is 7.06. The molecule has 2 saturated heterocycles. The van der Waals surface area contributed by atoms with Crippen LogP contribution < -0.4 is 10.5 Å². The van der Waals surface area contributed by atoms with Gasteiger partial charge >= 0.3 is 0 Å². The van der Waals surface area contributed by atoms with E-state index in [0.29, 0.717) is 53.1 Å². The molecule has 2 atom stereocenters. The first-order valence-electron chi connectivity index (χ1n) is 11.1. The van der Waals surface area contributed by atoms with E-state index in [1.165, 1.54) is 16.7 Å². The van der Waals surface area contributed by atoms with Crippen LogP contribution in [0.4, 0.5) is 5.82 Å². The summed E-state index contributed by atoms with van der Waals surface area (Å²) >= 11 is 6.65. The van der Waals surface area contributed by atoms with Crippen LogP contribution in [0, 0.1) is 18.3 Å². The fourth-order valence-electron chi connectivity index (χ4n) is 4.27. The van der Waals surface area contributed by atoms with E-state index < -0.39 is 0 Å². The number of ether oxygens (including phenoxy) is 2. The standard InChI is InChI=1S/C23H30N4O4S2/c1-6-7-26-20(25-12-14(2)31-15(3)13-25)17(16(4)18(11-24)21(26)28)10-19-22(29)27(8-9-30-5)23(32)33-19/h10,14-15H,6-9,12-13H2,1-5H3/b19-10+. The molecule has 0 saturated carbocycles. The molecule has 3 heterocycles. The largest absolute Gasteiger partial charge is 0.383 e. The molecule has 2 fully saturated rings. The molecule has 178 valence electrons. The topological polar surface area (TPSA) is 87.8 Å². The van der Waals surface area contributed by atoms with E-state index in [9.17, 15) is 14.9 Å². The van der Waals surface area contributed by atoms with Crippen LogP contribution in [-0.2, 0) is 20.8 Å². The van der Waals surface area contributed by atoms with Gasteiger partial charge in [-0.05, 0) is 38.8 Å². The zero-order valence-electron chi connectivity index (χ0n) is 19.7. The molecular weight excluding hydrogens is 460 g/mol. The van der Waals surface area contributed by atoms with Crippen LogP contribution in [-0.4, -0.2) is 65.3 Å². The molecule has 8 nitrogen and oxygen atoms in total. The molecule has 2 aliphatic heterocycles. The number of nitriles is 1. The molecule has 0 bridgehead atoms.